The molecule has 1 aromatic carbocycles. The number of aromatic nitrogens is 4. The summed E-state index contributed by atoms with van der Waals surface area (Å²) in [5.74, 6) is 0.244. The predicted molar refractivity (Wildman–Crippen MR) is 74.3 cm³/mol. The molecule has 0 unspecified atom stereocenters. The second kappa shape index (κ2) is 4.48. The van der Waals surface area contributed by atoms with Crippen LogP contribution in [-0.4, -0.2) is 31.5 Å². The first-order chi connectivity index (χ1) is 9.11. The molecule has 6 nitrogen and oxygen atoms in total. The molecule has 0 saturated heterocycles. The third kappa shape index (κ3) is 1.88. The molecular formula is C11H9Cl2N5O. The van der Waals surface area contributed by atoms with E-state index in [1.165, 1.54) is 4.68 Å². The molecule has 0 radical (unpaired) electrons. The van der Waals surface area contributed by atoms with Crippen LogP contribution in [0.4, 0.5) is 5.82 Å². The molecule has 3 rings (SSSR count). The predicted octanol–water partition coefficient (Wildman–Crippen LogP) is 1.86. The number of anilines is 1. The Morgan fingerprint density at radius 3 is 2.37 bits per heavy atom. The van der Waals surface area contributed by atoms with E-state index in [2.05, 4.69) is 15.1 Å². The molecule has 0 spiro atoms. The second-order valence-electron chi connectivity index (χ2n) is 3.95. The normalized spacial score (nSPS) is 11.5. The van der Waals surface area contributed by atoms with Crippen LogP contribution in [0.2, 0.25) is 10.0 Å². The molecule has 0 saturated carbocycles. The van der Waals surface area contributed by atoms with Crippen LogP contribution in [0.15, 0.2) is 12.1 Å². The summed E-state index contributed by atoms with van der Waals surface area (Å²) in [6.07, 6.45) is 0. The van der Waals surface area contributed by atoms with Crippen LogP contribution in [0.3, 0.4) is 0 Å². The maximum absolute atomic E-state index is 9.00. The van der Waals surface area contributed by atoms with Crippen molar-refractivity contribution in [3.63, 3.8) is 0 Å². The highest BCUT2D eigenvalue weighted by Crippen LogP contribution is 2.29. The molecule has 3 aromatic rings. The molecule has 3 N–H and O–H groups in total. The minimum atomic E-state index is -0.0702. The van der Waals surface area contributed by atoms with Gasteiger partial charge in [-0.05, 0) is 12.1 Å². The summed E-state index contributed by atoms with van der Waals surface area (Å²) in [5, 5.41) is 14.0. The highest BCUT2D eigenvalue weighted by molar-refractivity contribution is 6.39. The largest absolute Gasteiger partial charge is 0.394 e. The van der Waals surface area contributed by atoms with E-state index in [0.717, 1.165) is 0 Å². The van der Waals surface area contributed by atoms with Crippen molar-refractivity contribution in [3.8, 4) is 0 Å². The number of aliphatic hydroxyl groups is 1. The van der Waals surface area contributed by atoms with Crippen LogP contribution in [0, 0.1) is 0 Å². The summed E-state index contributed by atoms with van der Waals surface area (Å²) in [4.78, 5) is 8.78. The number of hydrogen-bond acceptors (Lipinski definition) is 5. The number of halogens is 2. The lowest BCUT2D eigenvalue weighted by molar-refractivity contribution is 0.271. The van der Waals surface area contributed by atoms with E-state index < -0.39 is 0 Å². The third-order valence-corrected chi connectivity index (χ3v) is 3.34. The summed E-state index contributed by atoms with van der Waals surface area (Å²) >= 11 is 12.2. The third-order valence-electron chi connectivity index (χ3n) is 2.73. The summed E-state index contributed by atoms with van der Waals surface area (Å²) in [5.41, 5.74) is 7.69. The smallest absolute Gasteiger partial charge is 0.179 e. The SMILES string of the molecule is Nc1nn(CCO)c2nc3c(Cl)ccc(Cl)c3nc12. The van der Waals surface area contributed by atoms with Crippen LogP contribution in [0.25, 0.3) is 22.2 Å². The fourth-order valence-electron chi connectivity index (χ4n) is 1.89. The molecule has 2 heterocycles. The van der Waals surface area contributed by atoms with Gasteiger partial charge in [-0.15, -0.1) is 0 Å². The first-order valence-corrected chi connectivity index (χ1v) is 6.26. The van der Waals surface area contributed by atoms with Crippen molar-refractivity contribution in [2.75, 3.05) is 12.3 Å². The van der Waals surface area contributed by atoms with Crippen molar-refractivity contribution in [2.45, 2.75) is 6.54 Å². The lowest BCUT2D eigenvalue weighted by atomic mass is 10.3. The van der Waals surface area contributed by atoms with Gasteiger partial charge in [0, 0.05) is 0 Å². The van der Waals surface area contributed by atoms with E-state index in [9.17, 15) is 0 Å². The van der Waals surface area contributed by atoms with Crippen molar-refractivity contribution in [3.05, 3.63) is 22.2 Å². The van der Waals surface area contributed by atoms with Gasteiger partial charge in [0.1, 0.15) is 11.0 Å². The molecule has 0 atom stereocenters. The Balaban J connectivity index is 2.43. The Morgan fingerprint density at radius 1 is 1.11 bits per heavy atom. The highest BCUT2D eigenvalue weighted by atomic mass is 35.5. The van der Waals surface area contributed by atoms with Crippen molar-refractivity contribution in [1.82, 2.24) is 19.7 Å². The van der Waals surface area contributed by atoms with E-state index in [1.807, 2.05) is 0 Å². The number of fused-ring (bicyclic) bond motifs is 2. The molecular weight excluding hydrogens is 289 g/mol. The van der Waals surface area contributed by atoms with E-state index in [4.69, 9.17) is 34.0 Å². The summed E-state index contributed by atoms with van der Waals surface area (Å²) in [7, 11) is 0. The van der Waals surface area contributed by atoms with E-state index in [-0.39, 0.29) is 19.0 Å². The van der Waals surface area contributed by atoms with E-state index >= 15 is 0 Å². The first-order valence-electron chi connectivity index (χ1n) is 5.50. The van der Waals surface area contributed by atoms with Gasteiger partial charge in [-0.2, -0.15) is 5.10 Å². The van der Waals surface area contributed by atoms with Gasteiger partial charge in [0.15, 0.2) is 17.0 Å². The summed E-state index contributed by atoms with van der Waals surface area (Å²) < 4.78 is 1.49. The zero-order valence-corrected chi connectivity index (χ0v) is 11.2. The van der Waals surface area contributed by atoms with E-state index in [1.54, 1.807) is 12.1 Å². The number of aliphatic hydroxyl groups excluding tert-OH is 1. The summed E-state index contributed by atoms with van der Waals surface area (Å²) in [6.45, 7) is 0.214. The first kappa shape index (κ1) is 12.4. The molecule has 19 heavy (non-hydrogen) atoms. The standard InChI is InChI=1S/C11H9Cl2N5O/c12-5-1-2-6(13)8-7(5)15-9-10(14)17-18(3-4-19)11(9)16-8/h1-2,19H,3-4H2,(H2,14,17). The molecule has 8 heteroatoms. The van der Waals surface area contributed by atoms with Gasteiger partial charge in [-0.3, -0.25) is 0 Å². The maximum atomic E-state index is 9.00. The van der Waals surface area contributed by atoms with Crippen molar-refractivity contribution >= 4 is 51.2 Å². The van der Waals surface area contributed by atoms with Crippen LogP contribution in [-0.2, 0) is 6.54 Å². The lowest BCUT2D eigenvalue weighted by Gasteiger charge is -2.03. The zero-order valence-electron chi connectivity index (χ0n) is 9.64. The number of nitrogens with two attached hydrogens (primary N) is 1. The quantitative estimate of drug-likeness (QED) is 0.753. The average molecular weight is 298 g/mol. The van der Waals surface area contributed by atoms with Crippen LogP contribution < -0.4 is 5.73 Å². The Bertz CT molecular complexity index is 786. The molecule has 98 valence electrons. The topological polar surface area (TPSA) is 89.8 Å². The number of rotatable bonds is 2. The molecule has 0 fully saturated rings. The van der Waals surface area contributed by atoms with Gasteiger partial charge >= 0.3 is 0 Å². The van der Waals surface area contributed by atoms with Gasteiger partial charge in [0.2, 0.25) is 0 Å². The Labute approximate surface area is 117 Å². The average Bonchev–Trinajstić information content (AvgIpc) is 2.70. The van der Waals surface area contributed by atoms with Gasteiger partial charge in [0.25, 0.3) is 0 Å². The fourth-order valence-corrected chi connectivity index (χ4v) is 2.28. The molecule has 0 amide bonds. The maximum Gasteiger partial charge on any atom is 0.179 e. The Hall–Kier alpha value is -1.63. The van der Waals surface area contributed by atoms with Crippen LogP contribution in [0.1, 0.15) is 0 Å². The van der Waals surface area contributed by atoms with Crippen LogP contribution in [0.5, 0.6) is 0 Å². The van der Waals surface area contributed by atoms with Crippen LogP contribution >= 0.6 is 23.2 Å². The van der Waals surface area contributed by atoms with Gasteiger partial charge < -0.3 is 10.8 Å². The molecule has 2 aromatic heterocycles. The van der Waals surface area contributed by atoms with Crippen molar-refractivity contribution in [2.24, 2.45) is 0 Å². The number of benzene rings is 1. The Morgan fingerprint density at radius 2 is 1.74 bits per heavy atom. The zero-order chi connectivity index (χ0) is 13.6. The summed E-state index contributed by atoms with van der Waals surface area (Å²) in [6, 6.07) is 3.31. The van der Waals surface area contributed by atoms with Gasteiger partial charge in [0.05, 0.1) is 23.2 Å². The number of nitrogens with zero attached hydrogens (tertiary/aromatic N) is 4. The van der Waals surface area contributed by atoms with E-state index in [0.29, 0.717) is 32.2 Å². The van der Waals surface area contributed by atoms with Crippen molar-refractivity contribution in [1.29, 1.82) is 0 Å². The number of hydrogen-bond donors (Lipinski definition) is 2. The second-order valence-corrected chi connectivity index (χ2v) is 4.77. The molecule has 0 aliphatic rings. The van der Waals surface area contributed by atoms with Gasteiger partial charge in [-0.1, -0.05) is 23.2 Å². The van der Waals surface area contributed by atoms with Crippen molar-refractivity contribution < 1.29 is 5.11 Å². The monoisotopic (exact) mass is 297 g/mol. The minimum Gasteiger partial charge on any atom is -0.394 e. The number of nitrogen functional groups attached to an aromatic ring is 1. The molecule has 0 aliphatic carbocycles. The molecule has 0 bridgehead atoms. The van der Waals surface area contributed by atoms with Gasteiger partial charge in [-0.25, -0.2) is 14.6 Å². The fraction of sp³-hybridized carbons (Fsp3) is 0.182. The Kier molecular flexibility index (Phi) is 2.93. The minimum absolute atomic E-state index is 0.0702. The lowest BCUT2D eigenvalue weighted by Crippen LogP contribution is -2.05. The highest BCUT2D eigenvalue weighted by Gasteiger charge is 2.15. The molecule has 0 aliphatic heterocycles.